The maximum absolute atomic E-state index is 10.7. The summed E-state index contributed by atoms with van der Waals surface area (Å²) < 4.78 is 16.1. The molecule has 1 amide bonds. The van der Waals surface area contributed by atoms with Gasteiger partial charge in [-0.2, -0.15) is 0 Å². The van der Waals surface area contributed by atoms with Crippen LogP contribution >= 0.6 is 0 Å². The lowest BCUT2D eigenvalue weighted by atomic mass is 10.1. The van der Waals surface area contributed by atoms with Crippen LogP contribution in [0.25, 0.3) is 0 Å². The monoisotopic (exact) mass is 217 g/mol. The highest BCUT2D eigenvalue weighted by atomic mass is 16.8. The average Bonchev–Trinajstić information content (AvgIpc) is 2.62. The van der Waals surface area contributed by atoms with Gasteiger partial charge in [0.05, 0.1) is 0 Å². The molecule has 2 atom stereocenters. The number of carbonyl (C=O) groups is 1. The fourth-order valence-electron chi connectivity index (χ4n) is 1.73. The first kappa shape index (κ1) is 12.4. The van der Waals surface area contributed by atoms with Gasteiger partial charge in [0, 0.05) is 47.0 Å². The summed E-state index contributed by atoms with van der Waals surface area (Å²) in [6.07, 6.45) is 2.07. The number of nitrogens with one attached hydrogen (secondary N) is 1. The molecular weight excluding hydrogens is 198 g/mol. The molecule has 1 N–H and O–H groups in total. The van der Waals surface area contributed by atoms with E-state index in [0.717, 1.165) is 12.8 Å². The number of hydrogen-bond donors (Lipinski definition) is 1. The summed E-state index contributed by atoms with van der Waals surface area (Å²) in [5.74, 6) is -0.633. The predicted molar refractivity (Wildman–Crippen MR) is 54.2 cm³/mol. The van der Waals surface area contributed by atoms with Crippen molar-refractivity contribution in [2.24, 2.45) is 0 Å². The molecule has 1 fully saturated rings. The zero-order valence-electron chi connectivity index (χ0n) is 9.54. The highest BCUT2D eigenvalue weighted by Crippen LogP contribution is 2.33. The lowest BCUT2D eigenvalue weighted by molar-refractivity contribution is -0.257. The van der Waals surface area contributed by atoms with Crippen molar-refractivity contribution in [1.29, 1.82) is 0 Å². The Kier molecular flexibility index (Phi) is 4.50. The molecule has 0 radical (unpaired) electrons. The number of methoxy groups -OCH3 is 2. The summed E-state index contributed by atoms with van der Waals surface area (Å²) in [6, 6.07) is 0. The fraction of sp³-hybridized carbons (Fsp3) is 0.900. The van der Waals surface area contributed by atoms with Crippen LogP contribution < -0.4 is 5.32 Å². The number of amides is 1. The molecule has 5 nitrogen and oxygen atoms in total. The molecule has 0 saturated carbocycles. The largest absolute Gasteiger partial charge is 0.356 e. The third-order valence-electron chi connectivity index (χ3n) is 2.62. The van der Waals surface area contributed by atoms with E-state index >= 15 is 0 Å². The van der Waals surface area contributed by atoms with E-state index in [4.69, 9.17) is 14.2 Å². The first-order valence-electron chi connectivity index (χ1n) is 5.12. The van der Waals surface area contributed by atoms with Crippen molar-refractivity contribution in [2.45, 2.75) is 38.3 Å². The van der Waals surface area contributed by atoms with Crippen LogP contribution in [-0.4, -0.2) is 38.7 Å². The van der Waals surface area contributed by atoms with Gasteiger partial charge in [0.15, 0.2) is 12.1 Å². The Labute approximate surface area is 90.1 Å². The second-order valence-corrected chi connectivity index (χ2v) is 3.67. The predicted octanol–water partition coefficient (Wildman–Crippen LogP) is 0.638. The third-order valence-corrected chi connectivity index (χ3v) is 2.62. The molecular formula is C10H19NO4. The molecule has 5 heteroatoms. The lowest BCUT2D eigenvalue weighted by Crippen LogP contribution is -2.36. The summed E-state index contributed by atoms with van der Waals surface area (Å²) >= 11 is 0. The Hall–Kier alpha value is -0.650. The van der Waals surface area contributed by atoms with E-state index in [1.54, 1.807) is 14.2 Å². The summed E-state index contributed by atoms with van der Waals surface area (Å²) in [5, 5.41) is 2.72. The standard InChI is InChI=1S/C10H19NO4/c1-8(12)11-7-6-10(14-3)5-4-9(13-2)15-10/h9H,4-7H2,1-3H3,(H,11,12). The molecule has 0 bridgehead atoms. The topological polar surface area (TPSA) is 56.8 Å². The van der Waals surface area contributed by atoms with Crippen molar-refractivity contribution >= 4 is 5.91 Å². The van der Waals surface area contributed by atoms with Crippen molar-refractivity contribution in [3.05, 3.63) is 0 Å². The average molecular weight is 217 g/mol. The van der Waals surface area contributed by atoms with Gasteiger partial charge < -0.3 is 19.5 Å². The highest BCUT2D eigenvalue weighted by Gasteiger charge is 2.40. The molecule has 15 heavy (non-hydrogen) atoms. The summed E-state index contributed by atoms with van der Waals surface area (Å²) in [6.45, 7) is 2.05. The van der Waals surface area contributed by atoms with Gasteiger partial charge in [0.25, 0.3) is 0 Å². The molecule has 1 saturated heterocycles. The van der Waals surface area contributed by atoms with Crippen LogP contribution in [0, 0.1) is 0 Å². The van der Waals surface area contributed by atoms with Gasteiger partial charge in [-0.05, 0) is 0 Å². The van der Waals surface area contributed by atoms with Crippen LogP contribution in [0.15, 0.2) is 0 Å². The zero-order valence-corrected chi connectivity index (χ0v) is 9.54. The molecule has 0 aromatic heterocycles. The van der Waals surface area contributed by atoms with Gasteiger partial charge in [-0.3, -0.25) is 4.79 Å². The summed E-state index contributed by atoms with van der Waals surface area (Å²) in [7, 11) is 3.23. The Bertz CT molecular complexity index is 221. The van der Waals surface area contributed by atoms with Gasteiger partial charge >= 0.3 is 0 Å². The molecule has 0 spiro atoms. The van der Waals surface area contributed by atoms with Crippen LogP contribution in [-0.2, 0) is 19.0 Å². The number of ether oxygens (including phenoxy) is 3. The van der Waals surface area contributed by atoms with Crippen LogP contribution in [0.5, 0.6) is 0 Å². The molecule has 0 aliphatic carbocycles. The van der Waals surface area contributed by atoms with Gasteiger partial charge in [-0.25, -0.2) is 0 Å². The minimum Gasteiger partial charge on any atom is -0.356 e. The van der Waals surface area contributed by atoms with Crippen LogP contribution in [0.2, 0.25) is 0 Å². The van der Waals surface area contributed by atoms with Gasteiger partial charge in [-0.1, -0.05) is 0 Å². The van der Waals surface area contributed by atoms with Crippen molar-refractivity contribution in [3.63, 3.8) is 0 Å². The molecule has 1 rings (SSSR count). The number of carbonyl (C=O) groups excluding carboxylic acids is 1. The number of hydrogen-bond acceptors (Lipinski definition) is 4. The molecule has 88 valence electrons. The Balaban J connectivity index is 2.37. The van der Waals surface area contributed by atoms with Crippen LogP contribution in [0.4, 0.5) is 0 Å². The van der Waals surface area contributed by atoms with Crippen molar-refractivity contribution in [2.75, 3.05) is 20.8 Å². The maximum Gasteiger partial charge on any atom is 0.216 e. The zero-order chi connectivity index (χ0) is 11.3. The molecule has 1 aliphatic heterocycles. The van der Waals surface area contributed by atoms with E-state index in [-0.39, 0.29) is 12.2 Å². The van der Waals surface area contributed by atoms with Gasteiger partial charge in [0.2, 0.25) is 5.91 Å². The molecule has 0 aromatic carbocycles. The normalized spacial score (nSPS) is 30.5. The summed E-state index contributed by atoms with van der Waals surface area (Å²) in [4.78, 5) is 10.7. The lowest BCUT2D eigenvalue weighted by Gasteiger charge is -2.27. The minimum absolute atomic E-state index is 0.0393. The Morgan fingerprint density at radius 2 is 2.33 bits per heavy atom. The Morgan fingerprint density at radius 3 is 2.80 bits per heavy atom. The first-order valence-corrected chi connectivity index (χ1v) is 5.12. The second kappa shape index (κ2) is 5.44. The van der Waals surface area contributed by atoms with E-state index in [1.165, 1.54) is 6.92 Å². The number of rotatable bonds is 5. The van der Waals surface area contributed by atoms with Crippen molar-refractivity contribution < 1.29 is 19.0 Å². The third kappa shape index (κ3) is 3.44. The van der Waals surface area contributed by atoms with Crippen molar-refractivity contribution in [1.82, 2.24) is 5.32 Å². The van der Waals surface area contributed by atoms with E-state index in [2.05, 4.69) is 5.32 Å². The van der Waals surface area contributed by atoms with E-state index in [1.807, 2.05) is 0 Å². The van der Waals surface area contributed by atoms with Gasteiger partial charge in [-0.15, -0.1) is 0 Å². The smallest absolute Gasteiger partial charge is 0.216 e. The van der Waals surface area contributed by atoms with Crippen molar-refractivity contribution in [3.8, 4) is 0 Å². The minimum atomic E-state index is -0.594. The molecule has 0 aromatic rings. The highest BCUT2D eigenvalue weighted by molar-refractivity contribution is 5.72. The maximum atomic E-state index is 10.7. The second-order valence-electron chi connectivity index (χ2n) is 3.67. The Morgan fingerprint density at radius 1 is 1.60 bits per heavy atom. The van der Waals surface area contributed by atoms with Crippen LogP contribution in [0.3, 0.4) is 0 Å². The van der Waals surface area contributed by atoms with E-state index in [0.29, 0.717) is 13.0 Å². The fourth-order valence-corrected chi connectivity index (χ4v) is 1.73. The molecule has 1 heterocycles. The van der Waals surface area contributed by atoms with Gasteiger partial charge in [0.1, 0.15) is 0 Å². The summed E-state index contributed by atoms with van der Waals surface area (Å²) in [5.41, 5.74) is 0. The van der Waals surface area contributed by atoms with Crippen LogP contribution in [0.1, 0.15) is 26.2 Å². The first-order chi connectivity index (χ1) is 7.12. The molecule has 1 aliphatic rings. The molecule has 2 unspecified atom stereocenters. The van der Waals surface area contributed by atoms with E-state index in [9.17, 15) is 4.79 Å². The van der Waals surface area contributed by atoms with E-state index < -0.39 is 5.79 Å². The quantitative estimate of drug-likeness (QED) is 0.734. The SMILES string of the molecule is COC1CCC(CCNC(C)=O)(OC)O1.